The van der Waals surface area contributed by atoms with Gasteiger partial charge in [-0.15, -0.1) is 11.3 Å². The third kappa shape index (κ3) is 3.99. The largest absolute Gasteiger partial charge is 0.504 e. The average Bonchev–Trinajstić information content (AvgIpc) is 3.73. The van der Waals surface area contributed by atoms with Crippen molar-refractivity contribution < 1.29 is 25.5 Å². The predicted octanol–water partition coefficient (Wildman–Crippen LogP) is 9.50. The van der Waals surface area contributed by atoms with Crippen LogP contribution in [0.3, 0.4) is 0 Å². The lowest BCUT2D eigenvalue weighted by atomic mass is 9.99. The van der Waals surface area contributed by atoms with Crippen LogP contribution in [0.25, 0.3) is 92.1 Å². The highest BCUT2D eigenvalue weighted by Gasteiger charge is 2.28. The number of pyridine rings is 1. The highest BCUT2D eigenvalue weighted by molar-refractivity contribution is 7.27. The van der Waals surface area contributed by atoms with E-state index in [1.54, 1.807) is 29.7 Å². The number of hydrogen-bond donors (Lipinski definition) is 5. The molecule has 10 heteroatoms. The van der Waals surface area contributed by atoms with E-state index in [-0.39, 0.29) is 22.7 Å². The summed E-state index contributed by atoms with van der Waals surface area (Å²) < 4.78 is 4.67. The molecule has 51 heavy (non-hydrogen) atoms. The fourth-order valence-electron chi connectivity index (χ4n) is 7.37. The van der Waals surface area contributed by atoms with E-state index < -0.39 is 28.7 Å². The molecule has 4 aromatic heterocycles. The molecule has 0 fully saturated rings. The van der Waals surface area contributed by atoms with Crippen LogP contribution in [-0.4, -0.2) is 45.1 Å². The van der Waals surface area contributed by atoms with Crippen molar-refractivity contribution in [2.45, 2.75) is 0 Å². The summed E-state index contributed by atoms with van der Waals surface area (Å²) in [4.78, 5) is 13.9. The summed E-state index contributed by atoms with van der Waals surface area (Å²) in [5, 5.41) is 60.0. The first-order valence-corrected chi connectivity index (χ1v) is 16.9. The zero-order valence-corrected chi connectivity index (χ0v) is 27.2. The van der Waals surface area contributed by atoms with Crippen LogP contribution in [0.1, 0.15) is 0 Å². The van der Waals surface area contributed by atoms with Crippen LogP contribution in [0.2, 0.25) is 0 Å². The quantitative estimate of drug-likeness (QED) is 0.0914. The van der Waals surface area contributed by atoms with E-state index >= 15 is 0 Å². The van der Waals surface area contributed by atoms with Crippen LogP contribution in [0.15, 0.2) is 115 Å². The molecule has 0 spiro atoms. The van der Waals surface area contributed by atoms with Crippen LogP contribution in [0.5, 0.6) is 28.7 Å². The molecule has 0 atom stereocenters. The van der Waals surface area contributed by atoms with Gasteiger partial charge >= 0.3 is 0 Å². The van der Waals surface area contributed by atoms with Crippen LogP contribution in [0.4, 0.5) is 0 Å². The number of phenolic OH excluding ortho intramolecular Hbond substituents is 5. The number of phenols is 5. The van der Waals surface area contributed by atoms with Gasteiger partial charge in [-0.2, -0.15) is 0 Å². The maximum atomic E-state index is 10.9. The molecule has 0 aliphatic rings. The van der Waals surface area contributed by atoms with Crippen LogP contribution < -0.4 is 0 Å². The van der Waals surface area contributed by atoms with E-state index in [1.165, 1.54) is 30.9 Å². The summed E-state index contributed by atoms with van der Waals surface area (Å²) in [5.41, 5.74) is 3.49. The molecule has 10 aromatic rings. The summed E-state index contributed by atoms with van der Waals surface area (Å²) in [5.74, 6) is -4.52. The summed E-state index contributed by atoms with van der Waals surface area (Å²) in [6, 6.07) is 36.6. The van der Waals surface area contributed by atoms with Crippen molar-refractivity contribution in [3.8, 4) is 57.1 Å². The second-order valence-corrected chi connectivity index (χ2v) is 13.4. The number of benzene rings is 6. The summed E-state index contributed by atoms with van der Waals surface area (Å²) in [6.45, 7) is 0. The van der Waals surface area contributed by atoms with Crippen LogP contribution in [0, 0.1) is 0 Å². The lowest BCUT2D eigenvalue weighted by Gasteiger charge is -2.15. The minimum atomic E-state index is -1.05. The van der Waals surface area contributed by atoms with Gasteiger partial charge in [0.05, 0.1) is 27.0 Å². The van der Waals surface area contributed by atoms with Gasteiger partial charge in [0.2, 0.25) is 17.2 Å². The second-order valence-electron chi connectivity index (χ2n) is 12.4. The van der Waals surface area contributed by atoms with Crippen molar-refractivity contribution >= 4 is 75.1 Å². The Kier molecular flexibility index (Phi) is 6.00. The summed E-state index contributed by atoms with van der Waals surface area (Å²) in [7, 11) is 0. The smallest absolute Gasteiger partial charge is 0.208 e. The topological polar surface area (TPSA) is 145 Å². The first kappa shape index (κ1) is 29.0. The molecule has 0 bridgehead atoms. The number of nitrogens with zero attached hydrogens (tertiary/aromatic N) is 4. The molecule has 0 radical (unpaired) electrons. The lowest BCUT2D eigenvalue weighted by Crippen LogP contribution is -1.99. The molecule has 4 heterocycles. The Hall–Kier alpha value is -6.91. The third-order valence-corrected chi connectivity index (χ3v) is 10.8. The van der Waals surface area contributed by atoms with Crippen molar-refractivity contribution in [3.05, 3.63) is 115 Å². The van der Waals surface area contributed by atoms with Gasteiger partial charge in [0, 0.05) is 49.1 Å². The standard InChI is InChI=1S/C41H24N4O5S/c46-34-31(35(47)37(49)38(50)36(34)48)32-26-15-8-18-42-41(26)44-40(43-32)20-9-7-10-21(19-20)45-27-16-5-3-13-24(27)29-22-11-1-2-12-23(22)30-25-14-4-6-17-28(25)51-39(30)33(29)45/h1-19,46-50H. The van der Waals surface area contributed by atoms with Gasteiger partial charge in [0.25, 0.3) is 0 Å². The number of aromatic nitrogens is 4. The lowest BCUT2D eigenvalue weighted by molar-refractivity contribution is 0.330. The number of rotatable bonds is 3. The van der Waals surface area contributed by atoms with Crippen molar-refractivity contribution in [2.75, 3.05) is 0 Å². The van der Waals surface area contributed by atoms with Crippen molar-refractivity contribution in [2.24, 2.45) is 0 Å². The first-order chi connectivity index (χ1) is 24.9. The molecule has 6 aromatic carbocycles. The Morgan fingerprint density at radius 3 is 1.98 bits per heavy atom. The van der Waals surface area contributed by atoms with Gasteiger partial charge in [0.1, 0.15) is 0 Å². The normalized spacial score (nSPS) is 11.9. The van der Waals surface area contributed by atoms with E-state index in [0.29, 0.717) is 10.9 Å². The molecular weight excluding hydrogens is 661 g/mol. The fourth-order valence-corrected chi connectivity index (χ4v) is 8.63. The van der Waals surface area contributed by atoms with Gasteiger partial charge in [-0.3, -0.25) is 0 Å². The number of hydrogen-bond acceptors (Lipinski definition) is 9. The molecule has 10 rings (SSSR count). The molecule has 0 amide bonds. The van der Waals surface area contributed by atoms with Crippen molar-refractivity contribution in [3.63, 3.8) is 0 Å². The third-order valence-electron chi connectivity index (χ3n) is 9.59. The summed E-state index contributed by atoms with van der Waals surface area (Å²) >= 11 is 1.78. The Labute approximate surface area is 291 Å². The van der Waals surface area contributed by atoms with E-state index in [0.717, 1.165) is 27.5 Å². The Bertz CT molecular complexity index is 3080. The molecular formula is C41H24N4O5S. The zero-order chi connectivity index (χ0) is 34.5. The van der Waals surface area contributed by atoms with Gasteiger partial charge in [-0.1, -0.05) is 72.8 Å². The highest BCUT2D eigenvalue weighted by atomic mass is 32.1. The van der Waals surface area contributed by atoms with E-state index in [1.807, 2.05) is 30.3 Å². The molecule has 244 valence electrons. The minimum absolute atomic E-state index is 0.00409. The molecule has 5 N–H and O–H groups in total. The molecule has 9 nitrogen and oxygen atoms in total. The monoisotopic (exact) mass is 684 g/mol. The second kappa shape index (κ2) is 10.5. The average molecular weight is 685 g/mol. The Morgan fingerprint density at radius 2 is 1.20 bits per heavy atom. The van der Waals surface area contributed by atoms with Gasteiger partial charge in [-0.05, 0) is 47.2 Å². The van der Waals surface area contributed by atoms with Gasteiger partial charge < -0.3 is 30.1 Å². The Balaban J connectivity index is 1.28. The van der Waals surface area contributed by atoms with Gasteiger partial charge in [-0.25, -0.2) is 15.0 Å². The van der Waals surface area contributed by atoms with Crippen LogP contribution in [-0.2, 0) is 0 Å². The fraction of sp³-hybridized carbons (Fsp3) is 0. The first-order valence-electron chi connectivity index (χ1n) is 16.1. The zero-order valence-electron chi connectivity index (χ0n) is 26.4. The number of fused-ring (bicyclic) bond motifs is 11. The number of aromatic hydroxyl groups is 5. The van der Waals surface area contributed by atoms with Crippen molar-refractivity contribution in [1.82, 2.24) is 19.5 Å². The van der Waals surface area contributed by atoms with Crippen LogP contribution >= 0.6 is 11.3 Å². The minimum Gasteiger partial charge on any atom is -0.504 e. The molecule has 0 aliphatic heterocycles. The molecule has 0 aliphatic carbocycles. The van der Waals surface area contributed by atoms with E-state index in [2.05, 4.69) is 76.3 Å². The van der Waals surface area contributed by atoms with Crippen molar-refractivity contribution in [1.29, 1.82) is 0 Å². The van der Waals surface area contributed by atoms with E-state index in [4.69, 9.17) is 9.97 Å². The SMILES string of the molecule is Oc1c(O)c(O)c(-c2nc(-c3cccc(-n4c5ccccc5c5c6ccccc6c6c7ccccc7sc6c54)c3)nc3ncccc23)c(O)c1O. The number of thiophene rings is 1. The molecule has 0 saturated heterocycles. The Morgan fingerprint density at radius 1 is 0.549 bits per heavy atom. The highest BCUT2D eigenvalue weighted by Crippen LogP contribution is 2.55. The van der Waals surface area contributed by atoms with E-state index in [9.17, 15) is 25.5 Å². The predicted molar refractivity (Wildman–Crippen MR) is 201 cm³/mol. The maximum Gasteiger partial charge on any atom is 0.208 e. The molecule has 0 unspecified atom stereocenters. The maximum absolute atomic E-state index is 10.9. The number of para-hydroxylation sites is 1. The van der Waals surface area contributed by atoms with Gasteiger partial charge in [0.15, 0.2) is 23.0 Å². The summed E-state index contributed by atoms with van der Waals surface area (Å²) in [6.07, 6.45) is 1.56. The molecule has 0 saturated carbocycles.